The van der Waals surface area contributed by atoms with Gasteiger partial charge in [0.1, 0.15) is 5.69 Å². The number of nitrogens with zero attached hydrogens (tertiary/aromatic N) is 1. The number of anilines is 1. The molecule has 0 bridgehead atoms. The number of halogens is 1. The first-order valence-electron chi connectivity index (χ1n) is 7.40. The molecule has 112 valence electrons. The van der Waals surface area contributed by atoms with Gasteiger partial charge in [0, 0.05) is 22.4 Å². The number of aromatic amines is 2. The maximum atomic E-state index is 12.0. The van der Waals surface area contributed by atoms with Crippen molar-refractivity contribution in [1.29, 1.82) is 0 Å². The Labute approximate surface area is 132 Å². The molecule has 0 spiro atoms. The van der Waals surface area contributed by atoms with E-state index < -0.39 is 0 Å². The normalized spacial score (nSPS) is 16.0. The van der Waals surface area contributed by atoms with Crippen molar-refractivity contribution in [3.05, 3.63) is 34.2 Å². The molecule has 1 fully saturated rings. The van der Waals surface area contributed by atoms with Gasteiger partial charge in [-0.1, -0.05) is 32.1 Å². The quantitative estimate of drug-likeness (QED) is 0.782. The van der Waals surface area contributed by atoms with Crippen molar-refractivity contribution < 1.29 is 4.79 Å². The minimum absolute atomic E-state index is 0.184. The number of H-pyrrole nitrogens is 2. The fraction of sp³-hybridized carbons (Fsp3) is 0.467. The Morgan fingerprint density at radius 3 is 2.86 bits per heavy atom. The smallest absolute Gasteiger partial charge is 0.273 e. The van der Waals surface area contributed by atoms with Crippen LogP contribution in [0.15, 0.2) is 22.8 Å². The van der Waals surface area contributed by atoms with Gasteiger partial charge in [0.25, 0.3) is 5.91 Å². The lowest BCUT2D eigenvalue weighted by atomic mass is 9.86. The standard InChI is InChI=1S/C15H19BrN4O/c16-11-7-13(17-9-11)15(21)18-14-8-12(19-20-14)6-10-4-2-1-3-5-10/h7-10,17H,1-6H2,(H2,18,19,20,21). The Balaban J connectivity index is 1.58. The summed E-state index contributed by atoms with van der Waals surface area (Å²) in [6.45, 7) is 0. The maximum Gasteiger partial charge on any atom is 0.273 e. The summed E-state index contributed by atoms with van der Waals surface area (Å²) in [5.74, 6) is 1.15. The minimum atomic E-state index is -0.184. The van der Waals surface area contributed by atoms with Crippen molar-refractivity contribution >= 4 is 27.7 Å². The third kappa shape index (κ3) is 3.75. The third-order valence-electron chi connectivity index (χ3n) is 4.00. The molecule has 2 aromatic rings. The van der Waals surface area contributed by atoms with Crippen LogP contribution in [0.3, 0.4) is 0 Å². The van der Waals surface area contributed by atoms with Gasteiger partial charge in [-0.3, -0.25) is 9.89 Å². The molecular weight excluding hydrogens is 332 g/mol. The van der Waals surface area contributed by atoms with Gasteiger partial charge >= 0.3 is 0 Å². The van der Waals surface area contributed by atoms with E-state index in [9.17, 15) is 4.79 Å². The van der Waals surface area contributed by atoms with Crippen LogP contribution in [0.2, 0.25) is 0 Å². The molecule has 21 heavy (non-hydrogen) atoms. The Hall–Kier alpha value is -1.56. The van der Waals surface area contributed by atoms with Crippen LogP contribution in [0.25, 0.3) is 0 Å². The van der Waals surface area contributed by atoms with E-state index in [2.05, 4.69) is 36.4 Å². The fourth-order valence-corrected chi connectivity index (χ4v) is 3.26. The summed E-state index contributed by atoms with van der Waals surface area (Å²) in [7, 11) is 0. The molecule has 1 aliphatic rings. The Morgan fingerprint density at radius 2 is 2.14 bits per heavy atom. The van der Waals surface area contributed by atoms with Crippen LogP contribution in [0.4, 0.5) is 5.82 Å². The van der Waals surface area contributed by atoms with E-state index in [4.69, 9.17) is 0 Å². The summed E-state index contributed by atoms with van der Waals surface area (Å²) in [4.78, 5) is 14.9. The molecular formula is C15H19BrN4O. The van der Waals surface area contributed by atoms with E-state index >= 15 is 0 Å². The summed E-state index contributed by atoms with van der Waals surface area (Å²) in [5, 5.41) is 10.00. The number of aromatic nitrogens is 3. The highest BCUT2D eigenvalue weighted by molar-refractivity contribution is 9.10. The first-order valence-corrected chi connectivity index (χ1v) is 8.19. The van der Waals surface area contributed by atoms with Gasteiger partial charge in [-0.15, -0.1) is 0 Å². The van der Waals surface area contributed by atoms with E-state index in [0.29, 0.717) is 11.5 Å². The molecule has 2 heterocycles. The average molecular weight is 351 g/mol. The Morgan fingerprint density at radius 1 is 1.33 bits per heavy atom. The number of carbonyl (C=O) groups excluding carboxylic acids is 1. The van der Waals surface area contributed by atoms with Gasteiger partial charge in [0.15, 0.2) is 5.82 Å². The van der Waals surface area contributed by atoms with Crippen LogP contribution in [0.1, 0.15) is 48.3 Å². The molecule has 0 unspecified atom stereocenters. The minimum Gasteiger partial charge on any atom is -0.356 e. The van der Waals surface area contributed by atoms with Crippen molar-refractivity contribution in [2.45, 2.75) is 38.5 Å². The first-order chi connectivity index (χ1) is 10.2. The second-order valence-electron chi connectivity index (χ2n) is 5.67. The number of amides is 1. The molecule has 1 aliphatic carbocycles. The molecule has 0 atom stereocenters. The van der Waals surface area contributed by atoms with Gasteiger partial charge in [-0.25, -0.2) is 0 Å². The van der Waals surface area contributed by atoms with Crippen LogP contribution in [0, 0.1) is 5.92 Å². The molecule has 0 aliphatic heterocycles. The Bertz CT molecular complexity index is 613. The number of hydrogen-bond acceptors (Lipinski definition) is 2. The molecule has 0 radical (unpaired) electrons. The highest BCUT2D eigenvalue weighted by Crippen LogP contribution is 2.26. The average Bonchev–Trinajstić information content (AvgIpc) is 3.09. The van der Waals surface area contributed by atoms with Crippen molar-refractivity contribution in [2.75, 3.05) is 5.32 Å². The highest BCUT2D eigenvalue weighted by atomic mass is 79.9. The molecule has 0 aromatic carbocycles. The van der Waals surface area contributed by atoms with Gasteiger partial charge < -0.3 is 10.3 Å². The Kier molecular flexibility index (Phi) is 4.43. The second-order valence-corrected chi connectivity index (χ2v) is 6.59. The summed E-state index contributed by atoms with van der Waals surface area (Å²) in [6, 6.07) is 3.68. The van der Waals surface area contributed by atoms with E-state index in [1.807, 2.05) is 6.07 Å². The number of hydrogen-bond donors (Lipinski definition) is 3. The van der Waals surface area contributed by atoms with Gasteiger partial charge in [-0.2, -0.15) is 5.10 Å². The summed E-state index contributed by atoms with van der Waals surface area (Å²) >= 11 is 3.31. The number of nitrogens with one attached hydrogen (secondary N) is 3. The van der Waals surface area contributed by atoms with Crippen LogP contribution in [-0.2, 0) is 6.42 Å². The van der Waals surface area contributed by atoms with Crippen LogP contribution in [0.5, 0.6) is 0 Å². The predicted octanol–water partition coefficient (Wildman–Crippen LogP) is 3.88. The van der Waals surface area contributed by atoms with E-state index in [-0.39, 0.29) is 5.91 Å². The number of carbonyl (C=O) groups is 1. The monoisotopic (exact) mass is 350 g/mol. The van der Waals surface area contributed by atoms with Crippen LogP contribution in [-0.4, -0.2) is 21.1 Å². The van der Waals surface area contributed by atoms with E-state index in [1.165, 1.54) is 32.1 Å². The zero-order valence-corrected chi connectivity index (χ0v) is 13.4. The molecule has 3 rings (SSSR count). The van der Waals surface area contributed by atoms with Crippen molar-refractivity contribution in [1.82, 2.24) is 15.2 Å². The van der Waals surface area contributed by atoms with E-state index in [1.54, 1.807) is 12.3 Å². The maximum absolute atomic E-state index is 12.0. The molecule has 6 heteroatoms. The third-order valence-corrected chi connectivity index (χ3v) is 4.46. The van der Waals surface area contributed by atoms with Gasteiger partial charge in [-0.05, 0) is 34.3 Å². The molecule has 5 nitrogen and oxygen atoms in total. The largest absolute Gasteiger partial charge is 0.356 e. The van der Waals surface area contributed by atoms with Crippen molar-refractivity contribution in [2.24, 2.45) is 5.92 Å². The molecule has 3 N–H and O–H groups in total. The van der Waals surface area contributed by atoms with Gasteiger partial charge in [0.05, 0.1) is 0 Å². The topological polar surface area (TPSA) is 73.6 Å². The van der Waals surface area contributed by atoms with Crippen LogP contribution >= 0.6 is 15.9 Å². The highest BCUT2D eigenvalue weighted by Gasteiger charge is 2.16. The molecule has 1 amide bonds. The summed E-state index contributed by atoms with van der Waals surface area (Å²) in [5.41, 5.74) is 1.61. The zero-order chi connectivity index (χ0) is 14.7. The number of rotatable bonds is 4. The van der Waals surface area contributed by atoms with E-state index in [0.717, 1.165) is 22.5 Å². The van der Waals surface area contributed by atoms with Crippen molar-refractivity contribution in [3.8, 4) is 0 Å². The molecule has 2 aromatic heterocycles. The lowest BCUT2D eigenvalue weighted by Crippen LogP contribution is -2.12. The summed E-state index contributed by atoms with van der Waals surface area (Å²) in [6.07, 6.45) is 9.40. The zero-order valence-electron chi connectivity index (χ0n) is 11.8. The fourth-order valence-electron chi connectivity index (χ4n) is 2.92. The first kappa shape index (κ1) is 14.4. The summed E-state index contributed by atoms with van der Waals surface area (Å²) < 4.78 is 0.854. The van der Waals surface area contributed by atoms with Crippen LogP contribution < -0.4 is 5.32 Å². The SMILES string of the molecule is O=C(Nc1cc(CC2CCCCC2)[nH]n1)c1cc(Br)c[nH]1. The predicted molar refractivity (Wildman–Crippen MR) is 85.3 cm³/mol. The molecule has 1 saturated carbocycles. The second kappa shape index (κ2) is 6.47. The lowest BCUT2D eigenvalue weighted by Gasteiger charge is -2.20. The van der Waals surface area contributed by atoms with Gasteiger partial charge in [0.2, 0.25) is 0 Å². The lowest BCUT2D eigenvalue weighted by molar-refractivity contribution is 0.102. The molecule has 0 saturated heterocycles. The van der Waals surface area contributed by atoms with Crippen molar-refractivity contribution in [3.63, 3.8) is 0 Å².